The van der Waals surface area contributed by atoms with Gasteiger partial charge in [-0.1, -0.05) is 43.2 Å². The Morgan fingerprint density at radius 3 is 2.47 bits per heavy atom. The topological polar surface area (TPSA) is 190 Å². The van der Waals surface area contributed by atoms with Crippen LogP contribution in [0, 0.1) is 15.5 Å². The van der Waals surface area contributed by atoms with E-state index in [1.54, 1.807) is 45.2 Å². The molecule has 1 aliphatic carbocycles. The van der Waals surface area contributed by atoms with E-state index in [0.717, 1.165) is 67.1 Å². The molecule has 2 amide bonds. The maximum atomic E-state index is 14.0. The highest BCUT2D eigenvalue weighted by Crippen LogP contribution is 2.43. The second kappa shape index (κ2) is 18.6. The van der Waals surface area contributed by atoms with E-state index in [0.29, 0.717) is 37.5 Å². The third-order valence-corrected chi connectivity index (χ3v) is 13.7. The Kier molecular flexibility index (Phi) is 13.1. The van der Waals surface area contributed by atoms with E-state index >= 15 is 0 Å². The number of fused-ring (bicyclic) bond motifs is 1. The third kappa shape index (κ3) is 10.9. The summed E-state index contributed by atoms with van der Waals surface area (Å²) < 4.78 is 47.3. The number of pyridine rings is 1. The summed E-state index contributed by atoms with van der Waals surface area (Å²) in [5.74, 6) is -0.773. The zero-order valence-corrected chi connectivity index (χ0v) is 39.2. The van der Waals surface area contributed by atoms with Gasteiger partial charge in [0.15, 0.2) is 5.75 Å². The van der Waals surface area contributed by atoms with E-state index in [1.165, 1.54) is 39.9 Å². The predicted octanol–water partition coefficient (Wildman–Crippen LogP) is 9.21. The number of hydrogen-bond acceptors (Lipinski definition) is 12. The number of nitrogens with one attached hydrogen (secondary N) is 2. The molecule has 0 spiro atoms. The van der Waals surface area contributed by atoms with Crippen molar-refractivity contribution < 1.29 is 37.1 Å². The number of rotatable bonds is 12. The summed E-state index contributed by atoms with van der Waals surface area (Å²) >= 11 is 6.24. The molecule has 8 rings (SSSR count). The maximum absolute atomic E-state index is 14.0. The molecule has 16 nitrogen and oxygen atoms in total. The van der Waals surface area contributed by atoms with Crippen molar-refractivity contribution in [3.05, 3.63) is 117 Å². The van der Waals surface area contributed by atoms with E-state index in [1.807, 2.05) is 18.2 Å². The minimum absolute atomic E-state index is 0.0813. The smallest absolute Gasteiger partial charge is 0.410 e. The van der Waals surface area contributed by atoms with Gasteiger partial charge in [0.1, 0.15) is 28.9 Å². The predicted molar refractivity (Wildman–Crippen MR) is 252 cm³/mol. The van der Waals surface area contributed by atoms with Crippen LogP contribution in [0.3, 0.4) is 0 Å². The van der Waals surface area contributed by atoms with Crippen molar-refractivity contribution in [1.82, 2.24) is 24.5 Å². The highest BCUT2D eigenvalue weighted by atomic mass is 35.5. The number of benzene rings is 3. The highest BCUT2D eigenvalue weighted by Gasteiger charge is 2.34. The first-order chi connectivity index (χ1) is 31.3. The number of aromatic nitrogens is 2. The fraction of sp³-hybridized carbons (Fsp3) is 0.396. The molecule has 0 unspecified atom stereocenters. The largest absolute Gasteiger partial charge is 0.482 e. The number of nitrogens with zero attached hydrogens (tertiary/aromatic N) is 5. The van der Waals surface area contributed by atoms with Crippen molar-refractivity contribution in [2.24, 2.45) is 5.41 Å². The molecule has 0 saturated carbocycles. The lowest BCUT2D eigenvalue weighted by atomic mass is 9.72. The molecule has 2 aromatic heterocycles. The van der Waals surface area contributed by atoms with Gasteiger partial charge in [-0.3, -0.25) is 19.8 Å². The summed E-state index contributed by atoms with van der Waals surface area (Å²) in [4.78, 5) is 51.1. The first kappa shape index (κ1) is 46.4. The highest BCUT2D eigenvalue weighted by molar-refractivity contribution is 7.90. The lowest BCUT2D eigenvalue weighted by Crippen LogP contribution is -2.47. The van der Waals surface area contributed by atoms with Crippen molar-refractivity contribution in [2.75, 3.05) is 50.7 Å². The number of hydrogen-bond donors (Lipinski definition) is 2. The standard InChI is InChI=1S/C48H54ClN7O9S/c1-47(2,3)65-46(58)55-19-16-36(30-55)63-42-13-11-38(26-41(42)56(59)60)66(61,62)52-45(57)39-12-10-35(25-43(39)64-37-24-32-15-18-50-44(32)51-28-37)54-22-20-53(21-23-54)29-33-14-17-48(4,5)27-40(33)31-6-8-34(49)9-7-31/h6-13,15,18,24-26,28,36H,14,16-17,19-23,27,29-30H2,1-5H3,(H,50,51)(H,52,57)/t36-/m1/s1. The average Bonchev–Trinajstić information content (AvgIpc) is 3.94. The number of halogens is 1. The molecule has 4 heterocycles. The first-order valence-electron chi connectivity index (χ1n) is 22.0. The van der Waals surface area contributed by atoms with Crippen molar-refractivity contribution in [1.29, 1.82) is 0 Å². The minimum atomic E-state index is -4.66. The summed E-state index contributed by atoms with van der Waals surface area (Å²) in [6, 6.07) is 19.8. The van der Waals surface area contributed by atoms with Gasteiger partial charge in [-0.15, -0.1) is 0 Å². The van der Waals surface area contributed by atoms with E-state index in [2.05, 4.69) is 50.5 Å². The van der Waals surface area contributed by atoms with Gasteiger partial charge in [-0.25, -0.2) is 22.9 Å². The van der Waals surface area contributed by atoms with Gasteiger partial charge in [0, 0.05) is 80.1 Å². The average molecular weight is 941 g/mol. The summed E-state index contributed by atoms with van der Waals surface area (Å²) in [5.41, 5.74) is 4.29. The molecular weight excluding hydrogens is 886 g/mol. The molecule has 0 bridgehead atoms. The number of piperazine rings is 1. The van der Waals surface area contributed by atoms with E-state index in [-0.39, 0.29) is 29.0 Å². The molecule has 2 fully saturated rings. The maximum Gasteiger partial charge on any atom is 0.410 e. The number of carbonyl (C=O) groups is 2. The second-order valence-corrected chi connectivity index (χ2v) is 21.0. The number of aromatic amines is 1. The molecule has 3 aromatic carbocycles. The molecule has 5 aromatic rings. The number of ether oxygens (including phenoxy) is 3. The number of sulfonamides is 1. The van der Waals surface area contributed by atoms with Crippen molar-refractivity contribution in [3.8, 4) is 17.2 Å². The molecule has 0 radical (unpaired) electrons. The SMILES string of the molecule is CC1(C)CCC(CN2CCN(c3ccc(C(=O)NS(=O)(=O)c4ccc(O[C@@H]5CCN(C(=O)OC(C)(C)C)C5)c([N+](=O)[O-])c4)c(Oc4cnc5[nH]ccc5c4)c3)CC2)=C(c2ccc(Cl)cc2)C1. The Morgan fingerprint density at radius 1 is 0.985 bits per heavy atom. The monoisotopic (exact) mass is 939 g/mol. The first-order valence-corrected chi connectivity index (χ1v) is 23.8. The quantitative estimate of drug-likeness (QED) is 0.0893. The van der Waals surface area contributed by atoms with Crippen LogP contribution in [0.5, 0.6) is 17.2 Å². The van der Waals surface area contributed by atoms with Gasteiger partial charge in [0.2, 0.25) is 0 Å². The van der Waals surface area contributed by atoms with Crippen molar-refractivity contribution in [2.45, 2.75) is 76.9 Å². The van der Waals surface area contributed by atoms with E-state index < -0.39 is 49.2 Å². The molecule has 18 heteroatoms. The molecule has 66 heavy (non-hydrogen) atoms. The van der Waals surface area contributed by atoms with Crippen LogP contribution in [-0.2, 0) is 14.8 Å². The summed E-state index contributed by atoms with van der Waals surface area (Å²) in [5, 5.41) is 13.7. The number of nitro groups is 1. The van der Waals surface area contributed by atoms with Gasteiger partial charge in [-0.05, 0) is 105 Å². The number of anilines is 1. The number of likely N-dealkylation sites (tertiary alicyclic amines) is 1. The zero-order valence-electron chi connectivity index (χ0n) is 37.6. The normalized spacial score (nSPS) is 18.1. The Balaban J connectivity index is 0.989. The van der Waals surface area contributed by atoms with Gasteiger partial charge < -0.3 is 29.0 Å². The lowest BCUT2D eigenvalue weighted by Gasteiger charge is -2.39. The summed E-state index contributed by atoms with van der Waals surface area (Å²) in [6.45, 7) is 14.2. The van der Waals surface area contributed by atoms with Gasteiger partial charge in [-0.2, -0.15) is 0 Å². The fourth-order valence-electron chi connectivity index (χ4n) is 8.62. The van der Waals surface area contributed by atoms with Crippen LogP contribution in [0.15, 0.2) is 95.7 Å². The van der Waals surface area contributed by atoms with Crippen LogP contribution in [0.1, 0.15) is 76.2 Å². The molecule has 2 N–H and O–H groups in total. The van der Waals surface area contributed by atoms with E-state index in [4.69, 9.17) is 25.8 Å². The van der Waals surface area contributed by atoms with Crippen LogP contribution in [0.2, 0.25) is 5.02 Å². The Morgan fingerprint density at radius 2 is 1.74 bits per heavy atom. The van der Waals surface area contributed by atoms with Crippen LogP contribution in [0.4, 0.5) is 16.2 Å². The zero-order chi connectivity index (χ0) is 47.0. The molecule has 2 saturated heterocycles. The molecule has 1 atom stereocenters. The molecule has 2 aliphatic heterocycles. The van der Waals surface area contributed by atoms with Crippen LogP contribution < -0.4 is 19.1 Å². The van der Waals surface area contributed by atoms with Crippen molar-refractivity contribution in [3.63, 3.8) is 0 Å². The Hall–Kier alpha value is -6.17. The number of allylic oxidation sites excluding steroid dienone is 1. The third-order valence-electron chi connectivity index (χ3n) is 12.1. The Labute approximate surface area is 389 Å². The minimum Gasteiger partial charge on any atom is -0.482 e. The molecule has 348 valence electrons. The van der Waals surface area contributed by atoms with Gasteiger partial charge in [0.05, 0.1) is 28.1 Å². The number of H-pyrrole nitrogens is 1. The summed E-state index contributed by atoms with van der Waals surface area (Å²) in [6.07, 6.45) is 5.65. The number of nitro benzene ring substituents is 1. The Bertz CT molecular complexity index is 2800. The van der Waals surface area contributed by atoms with Gasteiger partial charge in [0.25, 0.3) is 15.9 Å². The number of amides is 2. The molecular formula is C48H54ClN7O9S. The number of carbonyl (C=O) groups excluding carboxylic acids is 2. The fourth-order valence-corrected chi connectivity index (χ4v) is 9.73. The molecule has 3 aliphatic rings. The van der Waals surface area contributed by atoms with Crippen LogP contribution in [-0.4, -0.2) is 103 Å². The van der Waals surface area contributed by atoms with Gasteiger partial charge >= 0.3 is 11.8 Å². The van der Waals surface area contributed by atoms with E-state index in [9.17, 15) is 28.1 Å². The second-order valence-electron chi connectivity index (χ2n) is 18.8. The van der Waals surface area contributed by atoms with Crippen molar-refractivity contribution >= 4 is 61.6 Å². The summed E-state index contributed by atoms with van der Waals surface area (Å²) in [7, 11) is -4.66. The lowest BCUT2D eigenvalue weighted by molar-refractivity contribution is -0.386. The van der Waals surface area contributed by atoms with Crippen LogP contribution in [0.25, 0.3) is 16.6 Å². The van der Waals surface area contributed by atoms with Crippen LogP contribution >= 0.6 is 11.6 Å².